The Morgan fingerprint density at radius 1 is 1.20 bits per heavy atom. The zero-order valence-electron chi connectivity index (χ0n) is 7.31. The monoisotopic (exact) mass is 158 g/mol. The molecule has 1 rings (SSSR count). The summed E-state index contributed by atoms with van der Waals surface area (Å²) in [6.07, 6.45) is 2.85. The van der Waals surface area contributed by atoms with Crippen LogP contribution >= 0.6 is 11.8 Å². The van der Waals surface area contributed by atoms with Crippen LogP contribution in [0.1, 0.15) is 33.6 Å². The van der Waals surface area contributed by atoms with Gasteiger partial charge in [0.05, 0.1) is 0 Å². The van der Waals surface area contributed by atoms with Crippen LogP contribution in [-0.2, 0) is 0 Å². The highest BCUT2D eigenvalue weighted by Crippen LogP contribution is 2.40. The second-order valence-corrected chi connectivity index (χ2v) is 5.15. The Morgan fingerprint density at radius 3 is 2.00 bits per heavy atom. The Morgan fingerprint density at radius 2 is 1.70 bits per heavy atom. The number of thioether (sulfide) groups is 1. The van der Waals surface area contributed by atoms with Crippen molar-refractivity contribution in [3.63, 3.8) is 0 Å². The molecule has 0 nitrogen and oxygen atoms in total. The molecule has 0 spiro atoms. The van der Waals surface area contributed by atoms with Gasteiger partial charge in [-0.2, -0.15) is 11.8 Å². The second-order valence-electron chi connectivity index (χ2n) is 3.92. The minimum atomic E-state index is 0.658. The first kappa shape index (κ1) is 8.45. The molecule has 10 heavy (non-hydrogen) atoms. The highest BCUT2D eigenvalue weighted by atomic mass is 32.2. The van der Waals surface area contributed by atoms with E-state index in [4.69, 9.17) is 0 Å². The van der Waals surface area contributed by atoms with Crippen molar-refractivity contribution in [2.75, 3.05) is 11.5 Å². The van der Waals surface area contributed by atoms with Crippen molar-refractivity contribution in [1.29, 1.82) is 0 Å². The third-order valence-corrected chi connectivity index (χ3v) is 4.01. The lowest BCUT2D eigenvalue weighted by molar-refractivity contribution is 0.199. The topological polar surface area (TPSA) is 0 Å². The summed E-state index contributed by atoms with van der Waals surface area (Å²) in [5, 5.41) is 0. The fourth-order valence-corrected chi connectivity index (χ4v) is 2.84. The molecule has 1 aliphatic rings. The van der Waals surface area contributed by atoms with Gasteiger partial charge in [0.15, 0.2) is 0 Å². The van der Waals surface area contributed by atoms with Gasteiger partial charge in [-0.3, -0.25) is 0 Å². The first-order chi connectivity index (χ1) is 4.65. The van der Waals surface area contributed by atoms with E-state index in [1.165, 1.54) is 24.3 Å². The van der Waals surface area contributed by atoms with Crippen LogP contribution < -0.4 is 0 Å². The molecule has 0 radical (unpaired) electrons. The van der Waals surface area contributed by atoms with Gasteiger partial charge in [0.2, 0.25) is 0 Å². The van der Waals surface area contributed by atoms with Gasteiger partial charge in [-0.1, -0.05) is 20.8 Å². The molecule has 60 valence electrons. The molecule has 0 aromatic rings. The van der Waals surface area contributed by atoms with Crippen molar-refractivity contribution < 1.29 is 0 Å². The molecule has 0 atom stereocenters. The fraction of sp³-hybridized carbons (Fsp3) is 1.00. The van der Waals surface area contributed by atoms with E-state index in [2.05, 4.69) is 32.5 Å². The summed E-state index contributed by atoms with van der Waals surface area (Å²) in [4.78, 5) is 0. The molecular weight excluding hydrogens is 140 g/mol. The SMILES string of the molecule is CC(C)C1(C)CCSCC1. The Hall–Kier alpha value is 0.350. The summed E-state index contributed by atoms with van der Waals surface area (Å²) in [7, 11) is 0. The molecule has 0 N–H and O–H groups in total. The lowest BCUT2D eigenvalue weighted by Gasteiger charge is -2.37. The molecule has 0 bridgehead atoms. The number of rotatable bonds is 1. The van der Waals surface area contributed by atoms with Crippen molar-refractivity contribution in [1.82, 2.24) is 0 Å². The van der Waals surface area contributed by atoms with Gasteiger partial charge in [-0.15, -0.1) is 0 Å². The molecule has 1 fully saturated rings. The first-order valence-electron chi connectivity index (χ1n) is 4.23. The average molecular weight is 158 g/mol. The normalized spacial score (nSPS) is 25.2. The lowest BCUT2D eigenvalue weighted by atomic mass is 9.74. The van der Waals surface area contributed by atoms with E-state index in [9.17, 15) is 0 Å². The fourth-order valence-electron chi connectivity index (χ4n) is 1.42. The Labute approximate surface area is 68.8 Å². The molecule has 0 unspecified atom stereocenters. The molecule has 1 aliphatic heterocycles. The van der Waals surface area contributed by atoms with Crippen LogP contribution in [0.15, 0.2) is 0 Å². The van der Waals surface area contributed by atoms with Gasteiger partial charge in [0.25, 0.3) is 0 Å². The minimum absolute atomic E-state index is 0.658. The maximum atomic E-state index is 2.44. The zero-order valence-corrected chi connectivity index (χ0v) is 8.13. The Bertz CT molecular complexity index is 101. The van der Waals surface area contributed by atoms with Crippen molar-refractivity contribution in [3.05, 3.63) is 0 Å². The molecule has 0 saturated carbocycles. The molecule has 1 heterocycles. The van der Waals surface area contributed by atoms with Crippen LogP contribution in [0.5, 0.6) is 0 Å². The molecular formula is C9H18S. The van der Waals surface area contributed by atoms with Gasteiger partial charge < -0.3 is 0 Å². The Balaban J connectivity index is 2.48. The average Bonchev–Trinajstić information content (AvgIpc) is 1.89. The molecule has 1 heteroatoms. The number of hydrogen-bond acceptors (Lipinski definition) is 1. The summed E-state index contributed by atoms with van der Waals surface area (Å²) < 4.78 is 0. The summed E-state index contributed by atoms with van der Waals surface area (Å²) in [6.45, 7) is 7.16. The second kappa shape index (κ2) is 3.17. The smallest absolute Gasteiger partial charge is 0.00622 e. The lowest BCUT2D eigenvalue weighted by Crippen LogP contribution is -2.28. The van der Waals surface area contributed by atoms with Crippen LogP contribution in [-0.4, -0.2) is 11.5 Å². The largest absolute Gasteiger partial charge is 0.162 e. The maximum Gasteiger partial charge on any atom is -0.00622 e. The van der Waals surface area contributed by atoms with E-state index in [1.54, 1.807) is 0 Å². The molecule has 0 aromatic heterocycles. The van der Waals surface area contributed by atoms with Crippen LogP contribution in [0.25, 0.3) is 0 Å². The molecule has 0 aliphatic carbocycles. The first-order valence-corrected chi connectivity index (χ1v) is 5.38. The van der Waals surface area contributed by atoms with Crippen LogP contribution in [0, 0.1) is 11.3 Å². The highest BCUT2D eigenvalue weighted by molar-refractivity contribution is 7.99. The molecule has 0 amide bonds. The molecule has 0 aromatic carbocycles. The van der Waals surface area contributed by atoms with Crippen molar-refractivity contribution >= 4 is 11.8 Å². The van der Waals surface area contributed by atoms with Crippen molar-refractivity contribution in [3.8, 4) is 0 Å². The predicted octanol–water partition coefficient (Wildman–Crippen LogP) is 3.18. The van der Waals surface area contributed by atoms with Gasteiger partial charge in [0.1, 0.15) is 0 Å². The summed E-state index contributed by atoms with van der Waals surface area (Å²) in [5.41, 5.74) is 0.658. The van der Waals surface area contributed by atoms with Gasteiger partial charge in [-0.25, -0.2) is 0 Å². The van der Waals surface area contributed by atoms with E-state index >= 15 is 0 Å². The van der Waals surface area contributed by atoms with Gasteiger partial charge >= 0.3 is 0 Å². The van der Waals surface area contributed by atoms with Crippen LogP contribution in [0.4, 0.5) is 0 Å². The quantitative estimate of drug-likeness (QED) is 0.565. The van der Waals surface area contributed by atoms with E-state index < -0.39 is 0 Å². The Kier molecular flexibility index (Phi) is 2.67. The third kappa shape index (κ3) is 1.69. The number of hydrogen-bond donors (Lipinski definition) is 0. The van der Waals surface area contributed by atoms with E-state index in [-0.39, 0.29) is 0 Å². The van der Waals surface area contributed by atoms with Gasteiger partial charge in [-0.05, 0) is 35.7 Å². The van der Waals surface area contributed by atoms with E-state index in [0.717, 1.165) is 5.92 Å². The van der Waals surface area contributed by atoms with Gasteiger partial charge in [0, 0.05) is 0 Å². The van der Waals surface area contributed by atoms with E-state index in [0.29, 0.717) is 5.41 Å². The van der Waals surface area contributed by atoms with Crippen molar-refractivity contribution in [2.45, 2.75) is 33.6 Å². The third-order valence-electron chi connectivity index (χ3n) is 3.03. The maximum absolute atomic E-state index is 2.44. The van der Waals surface area contributed by atoms with E-state index in [1.807, 2.05) is 0 Å². The van der Waals surface area contributed by atoms with Crippen LogP contribution in [0.3, 0.4) is 0 Å². The standard InChI is InChI=1S/C9H18S/c1-8(2)9(3)4-6-10-7-5-9/h8H,4-7H2,1-3H3. The summed E-state index contributed by atoms with van der Waals surface area (Å²) in [6, 6.07) is 0. The predicted molar refractivity (Wildman–Crippen MR) is 49.5 cm³/mol. The summed E-state index contributed by atoms with van der Waals surface area (Å²) >= 11 is 2.11. The zero-order chi connectivity index (χ0) is 7.61. The summed E-state index contributed by atoms with van der Waals surface area (Å²) in [5.74, 6) is 3.64. The minimum Gasteiger partial charge on any atom is -0.162 e. The highest BCUT2D eigenvalue weighted by Gasteiger charge is 2.29. The molecule has 1 saturated heterocycles. The van der Waals surface area contributed by atoms with Crippen LogP contribution in [0.2, 0.25) is 0 Å². The van der Waals surface area contributed by atoms with Crippen molar-refractivity contribution in [2.24, 2.45) is 11.3 Å².